The van der Waals surface area contributed by atoms with Gasteiger partial charge in [0.1, 0.15) is 11.5 Å². The Kier molecular flexibility index (Phi) is 6.35. The number of methoxy groups -OCH3 is 1. The number of thioether (sulfide) groups is 1. The summed E-state index contributed by atoms with van der Waals surface area (Å²) in [5, 5.41) is 2.95. The molecule has 0 unspecified atom stereocenters. The van der Waals surface area contributed by atoms with E-state index in [2.05, 4.69) is 5.32 Å². The standard InChI is InChI=1S/C18H21NO3S/c1-4-16(22-14-9-7-8-13(12-14)21-2)18(20)19-15-10-5-6-11-17(15)23-3/h5-12,16H,4H2,1-3H3,(H,19,20)/t16-/m0/s1. The normalized spacial score (nSPS) is 11.6. The van der Waals surface area contributed by atoms with E-state index in [0.29, 0.717) is 17.9 Å². The molecule has 0 aromatic heterocycles. The lowest BCUT2D eigenvalue weighted by molar-refractivity contribution is -0.122. The van der Waals surface area contributed by atoms with Gasteiger partial charge in [0.2, 0.25) is 0 Å². The lowest BCUT2D eigenvalue weighted by Gasteiger charge is -2.18. The van der Waals surface area contributed by atoms with Gasteiger partial charge in [0.15, 0.2) is 6.10 Å². The largest absolute Gasteiger partial charge is 0.497 e. The van der Waals surface area contributed by atoms with Crippen LogP contribution in [-0.2, 0) is 4.79 Å². The smallest absolute Gasteiger partial charge is 0.265 e. The Morgan fingerprint density at radius 1 is 1.17 bits per heavy atom. The number of anilines is 1. The molecule has 1 amide bonds. The van der Waals surface area contributed by atoms with Gasteiger partial charge in [0, 0.05) is 11.0 Å². The first-order chi connectivity index (χ1) is 11.2. The number of carbonyl (C=O) groups is 1. The Balaban J connectivity index is 2.09. The van der Waals surface area contributed by atoms with Gasteiger partial charge in [-0.25, -0.2) is 0 Å². The summed E-state index contributed by atoms with van der Waals surface area (Å²) >= 11 is 1.59. The van der Waals surface area contributed by atoms with Crippen molar-refractivity contribution in [2.75, 3.05) is 18.7 Å². The van der Waals surface area contributed by atoms with Gasteiger partial charge in [-0.2, -0.15) is 0 Å². The maximum Gasteiger partial charge on any atom is 0.265 e. The van der Waals surface area contributed by atoms with Crippen LogP contribution in [-0.4, -0.2) is 25.4 Å². The maximum atomic E-state index is 12.5. The monoisotopic (exact) mass is 331 g/mol. The van der Waals surface area contributed by atoms with Crippen molar-refractivity contribution in [3.63, 3.8) is 0 Å². The topological polar surface area (TPSA) is 47.6 Å². The zero-order chi connectivity index (χ0) is 16.7. The highest BCUT2D eigenvalue weighted by atomic mass is 32.2. The van der Waals surface area contributed by atoms with Crippen LogP contribution in [0.15, 0.2) is 53.4 Å². The van der Waals surface area contributed by atoms with Crippen LogP contribution in [0.5, 0.6) is 11.5 Å². The zero-order valence-electron chi connectivity index (χ0n) is 13.5. The van der Waals surface area contributed by atoms with Gasteiger partial charge in [0.05, 0.1) is 12.8 Å². The van der Waals surface area contributed by atoms with Crippen LogP contribution in [0, 0.1) is 0 Å². The van der Waals surface area contributed by atoms with Crippen molar-refractivity contribution in [1.29, 1.82) is 0 Å². The molecule has 0 spiro atoms. The van der Waals surface area contributed by atoms with Crippen molar-refractivity contribution in [3.05, 3.63) is 48.5 Å². The number of benzene rings is 2. The molecule has 0 radical (unpaired) electrons. The number of rotatable bonds is 7. The van der Waals surface area contributed by atoms with Gasteiger partial charge in [-0.05, 0) is 36.9 Å². The minimum absolute atomic E-state index is 0.156. The number of hydrogen-bond donors (Lipinski definition) is 1. The minimum Gasteiger partial charge on any atom is -0.497 e. The molecule has 0 saturated carbocycles. The number of para-hydroxylation sites is 1. The van der Waals surface area contributed by atoms with E-state index in [1.807, 2.05) is 55.6 Å². The summed E-state index contributed by atoms with van der Waals surface area (Å²) in [4.78, 5) is 13.5. The molecule has 1 atom stereocenters. The summed E-state index contributed by atoms with van der Waals surface area (Å²) in [7, 11) is 1.60. The molecule has 0 aliphatic carbocycles. The van der Waals surface area contributed by atoms with Crippen molar-refractivity contribution in [3.8, 4) is 11.5 Å². The Labute approximate surface area is 141 Å². The summed E-state index contributed by atoms with van der Waals surface area (Å²) in [6.45, 7) is 1.92. The number of carbonyl (C=O) groups excluding carboxylic acids is 1. The molecule has 23 heavy (non-hydrogen) atoms. The van der Waals surface area contributed by atoms with Crippen LogP contribution in [0.2, 0.25) is 0 Å². The highest BCUT2D eigenvalue weighted by molar-refractivity contribution is 7.98. The van der Waals surface area contributed by atoms with Crippen molar-refractivity contribution in [2.24, 2.45) is 0 Å². The lowest BCUT2D eigenvalue weighted by Crippen LogP contribution is -2.32. The summed E-state index contributed by atoms with van der Waals surface area (Å²) in [6, 6.07) is 15.0. The Morgan fingerprint density at radius 2 is 1.91 bits per heavy atom. The van der Waals surface area contributed by atoms with E-state index in [9.17, 15) is 4.79 Å². The van der Waals surface area contributed by atoms with Gasteiger partial charge < -0.3 is 14.8 Å². The molecular formula is C18H21NO3S. The molecule has 4 nitrogen and oxygen atoms in total. The maximum absolute atomic E-state index is 12.5. The molecule has 0 saturated heterocycles. The van der Waals surface area contributed by atoms with Crippen molar-refractivity contribution >= 4 is 23.4 Å². The van der Waals surface area contributed by atoms with Gasteiger partial charge in [0.25, 0.3) is 5.91 Å². The number of nitrogens with one attached hydrogen (secondary N) is 1. The van der Waals surface area contributed by atoms with Gasteiger partial charge in [-0.3, -0.25) is 4.79 Å². The second-order valence-electron chi connectivity index (χ2n) is 4.88. The summed E-state index contributed by atoms with van der Waals surface area (Å²) in [5.41, 5.74) is 0.803. The van der Waals surface area contributed by atoms with E-state index >= 15 is 0 Å². The highest BCUT2D eigenvalue weighted by Gasteiger charge is 2.19. The molecule has 2 aromatic carbocycles. The first kappa shape index (κ1) is 17.2. The molecule has 1 N–H and O–H groups in total. The number of ether oxygens (including phenoxy) is 2. The Morgan fingerprint density at radius 3 is 2.61 bits per heavy atom. The highest BCUT2D eigenvalue weighted by Crippen LogP contribution is 2.25. The van der Waals surface area contributed by atoms with E-state index < -0.39 is 6.10 Å². The fourth-order valence-corrected chi connectivity index (χ4v) is 2.68. The van der Waals surface area contributed by atoms with Crippen molar-refractivity contribution < 1.29 is 14.3 Å². The predicted octanol–water partition coefficient (Wildman–Crippen LogP) is 4.21. The molecular weight excluding hydrogens is 310 g/mol. The van der Waals surface area contributed by atoms with Crippen LogP contribution in [0.4, 0.5) is 5.69 Å². The molecule has 122 valence electrons. The molecule has 0 heterocycles. The van der Waals surface area contributed by atoms with E-state index in [1.165, 1.54) is 0 Å². The SMILES string of the molecule is CC[C@H](Oc1cccc(OC)c1)C(=O)Nc1ccccc1SC. The molecule has 2 aromatic rings. The van der Waals surface area contributed by atoms with Gasteiger partial charge >= 0.3 is 0 Å². The third-order valence-electron chi connectivity index (χ3n) is 3.35. The Hall–Kier alpha value is -2.14. The lowest BCUT2D eigenvalue weighted by atomic mass is 10.2. The predicted molar refractivity (Wildman–Crippen MR) is 94.6 cm³/mol. The van der Waals surface area contributed by atoms with E-state index in [4.69, 9.17) is 9.47 Å². The number of amides is 1. The van der Waals surface area contributed by atoms with E-state index in [1.54, 1.807) is 24.9 Å². The molecule has 5 heteroatoms. The summed E-state index contributed by atoms with van der Waals surface area (Å²) in [5.74, 6) is 1.16. The van der Waals surface area contributed by atoms with Gasteiger partial charge in [-0.15, -0.1) is 11.8 Å². The third-order valence-corrected chi connectivity index (χ3v) is 4.14. The van der Waals surface area contributed by atoms with Crippen LogP contribution >= 0.6 is 11.8 Å². The quantitative estimate of drug-likeness (QED) is 0.772. The Bertz CT molecular complexity index is 660. The van der Waals surface area contributed by atoms with Crippen molar-refractivity contribution in [1.82, 2.24) is 0 Å². The average Bonchev–Trinajstić information content (AvgIpc) is 2.60. The average molecular weight is 331 g/mol. The first-order valence-corrected chi connectivity index (χ1v) is 8.65. The van der Waals surface area contributed by atoms with Crippen LogP contribution in [0.1, 0.15) is 13.3 Å². The zero-order valence-corrected chi connectivity index (χ0v) is 14.4. The number of hydrogen-bond acceptors (Lipinski definition) is 4. The third kappa shape index (κ3) is 4.66. The van der Waals surface area contributed by atoms with Crippen LogP contribution in [0.25, 0.3) is 0 Å². The van der Waals surface area contributed by atoms with E-state index in [-0.39, 0.29) is 5.91 Å². The van der Waals surface area contributed by atoms with E-state index in [0.717, 1.165) is 10.6 Å². The van der Waals surface area contributed by atoms with Crippen molar-refractivity contribution in [2.45, 2.75) is 24.3 Å². The second-order valence-corrected chi connectivity index (χ2v) is 5.73. The van der Waals surface area contributed by atoms with Crippen LogP contribution in [0.3, 0.4) is 0 Å². The van der Waals surface area contributed by atoms with Gasteiger partial charge in [-0.1, -0.05) is 25.1 Å². The molecule has 0 aliphatic heterocycles. The van der Waals surface area contributed by atoms with Crippen LogP contribution < -0.4 is 14.8 Å². The first-order valence-electron chi connectivity index (χ1n) is 7.42. The summed E-state index contributed by atoms with van der Waals surface area (Å²) < 4.78 is 11.0. The molecule has 0 fully saturated rings. The molecule has 0 aliphatic rings. The minimum atomic E-state index is -0.558. The molecule has 0 bridgehead atoms. The molecule has 2 rings (SSSR count). The fourth-order valence-electron chi connectivity index (χ4n) is 2.12. The fraction of sp³-hybridized carbons (Fsp3) is 0.278. The second kappa shape index (κ2) is 8.48. The summed E-state index contributed by atoms with van der Waals surface area (Å²) in [6.07, 6.45) is 2.00.